The van der Waals surface area contributed by atoms with E-state index in [1.807, 2.05) is 0 Å². The van der Waals surface area contributed by atoms with Crippen LogP contribution in [0.25, 0.3) is 0 Å². The first-order valence-corrected chi connectivity index (χ1v) is 6.94. The average molecular weight is 222 g/mol. The molecule has 1 fully saturated rings. The molecule has 1 aliphatic heterocycles. The summed E-state index contributed by atoms with van der Waals surface area (Å²) in [6, 6.07) is 1.42. The fraction of sp³-hybridized carbons (Fsp3) is 0.857. The van der Waals surface area contributed by atoms with Gasteiger partial charge in [-0.25, -0.2) is 5.01 Å². The predicted molar refractivity (Wildman–Crippen MR) is 69.1 cm³/mol. The number of nitrogens with one attached hydrogen (secondary N) is 1. The van der Waals surface area contributed by atoms with Crippen molar-refractivity contribution < 1.29 is 0 Å². The third-order valence-corrected chi connectivity index (χ3v) is 4.13. The molecule has 1 heterocycles. The van der Waals surface area contributed by atoms with Crippen LogP contribution in [0.3, 0.4) is 0 Å². The van der Waals surface area contributed by atoms with Crippen molar-refractivity contribution >= 4 is 0 Å². The first-order chi connectivity index (χ1) is 7.77. The van der Waals surface area contributed by atoms with E-state index in [4.69, 9.17) is 0 Å². The molecule has 0 radical (unpaired) electrons. The van der Waals surface area contributed by atoms with Crippen molar-refractivity contribution in [1.82, 2.24) is 10.4 Å². The number of hydrogen-bond donors (Lipinski definition) is 1. The van der Waals surface area contributed by atoms with Gasteiger partial charge in [0, 0.05) is 18.6 Å². The smallest absolute Gasteiger partial charge is 0.0218 e. The molecule has 92 valence electrons. The fourth-order valence-corrected chi connectivity index (χ4v) is 3.01. The van der Waals surface area contributed by atoms with Crippen LogP contribution in [0.5, 0.6) is 0 Å². The average Bonchev–Trinajstić information content (AvgIpc) is 2.30. The Morgan fingerprint density at radius 2 is 1.88 bits per heavy atom. The second-order valence-electron chi connectivity index (χ2n) is 5.55. The van der Waals surface area contributed by atoms with Crippen molar-refractivity contribution in [2.75, 3.05) is 6.54 Å². The second kappa shape index (κ2) is 5.83. The van der Waals surface area contributed by atoms with E-state index < -0.39 is 0 Å². The first-order valence-electron chi connectivity index (χ1n) is 6.94. The van der Waals surface area contributed by atoms with Crippen molar-refractivity contribution in [3.05, 3.63) is 12.2 Å². The van der Waals surface area contributed by atoms with Gasteiger partial charge in [-0.3, -0.25) is 5.43 Å². The Bertz CT molecular complexity index is 227. The van der Waals surface area contributed by atoms with E-state index in [0.29, 0.717) is 12.1 Å². The minimum Gasteiger partial charge on any atom is -0.254 e. The van der Waals surface area contributed by atoms with Gasteiger partial charge in [-0.2, -0.15) is 0 Å². The largest absolute Gasteiger partial charge is 0.254 e. The molecule has 1 N–H and O–H groups in total. The van der Waals surface area contributed by atoms with Crippen LogP contribution in [-0.2, 0) is 0 Å². The molecule has 0 amide bonds. The van der Waals surface area contributed by atoms with Gasteiger partial charge in [-0.1, -0.05) is 18.6 Å². The van der Waals surface area contributed by atoms with E-state index in [1.165, 1.54) is 45.1 Å². The van der Waals surface area contributed by atoms with Crippen LogP contribution in [0.4, 0.5) is 0 Å². The third kappa shape index (κ3) is 3.08. The molecule has 0 saturated carbocycles. The summed E-state index contributed by atoms with van der Waals surface area (Å²) in [5, 5.41) is 2.50. The summed E-state index contributed by atoms with van der Waals surface area (Å²) >= 11 is 0. The lowest BCUT2D eigenvalue weighted by atomic mass is 9.94. The molecule has 2 rings (SSSR count). The Hall–Kier alpha value is -0.340. The molecule has 0 bridgehead atoms. The highest BCUT2D eigenvalue weighted by Crippen LogP contribution is 2.22. The van der Waals surface area contributed by atoms with Crippen LogP contribution in [0.2, 0.25) is 0 Å². The molecule has 1 saturated heterocycles. The zero-order valence-electron chi connectivity index (χ0n) is 10.8. The van der Waals surface area contributed by atoms with Crippen molar-refractivity contribution in [3.63, 3.8) is 0 Å². The highest BCUT2D eigenvalue weighted by Gasteiger charge is 2.24. The second-order valence-corrected chi connectivity index (χ2v) is 5.55. The van der Waals surface area contributed by atoms with Gasteiger partial charge in [0.05, 0.1) is 0 Å². The summed E-state index contributed by atoms with van der Waals surface area (Å²) in [4.78, 5) is 0. The molecule has 3 unspecified atom stereocenters. The van der Waals surface area contributed by atoms with Crippen LogP contribution < -0.4 is 5.43 Å². The van der Waals surface area contributed by atoms with Gasteiger partial charge in [0.25, 0.3) is 0 Å². The zero-order chi connectivity index (χ0) is 11.4. The standard InChI is InChI=1S/C14H26N2/c1-12-7-6-8-13(2)16(12)15-11-14-9-4-3-5-10-14/h3-4,12-15H,5-11H2,1-2H3. The number of hydrazine groups is 1. The summed E-state index contributed by atoms with van der Waals surface area (Å²) in [7, 11) is 0. The number of piperidine rings is 1. The van der Waals surface area contributed by atoms with E-state index in [1.54, 1.807) is 0 Å². The normalized spacial score (nSPS) is 36.5. The van der Waals surface area contributed by atoms with Crippen molar-refractivity contribution in [2.24, 2.45) is 5.92 Å². The summed E-state index contributed by atoms with van der Waals surface area (Å²) in [6.45, 7) is 5.87. The van der Waals surface area contributed by atoms with Crippen LogP contribution in [-0.4, -0.2) is 23.6 Å². The number of nitrogens with zero attached hydrogens (tertiary/aromatic N) is 1. The van der Waals surface area contributed by atoms with Gasteiger partial charge in [-0.15, -0.1) is 0 Å². The van der Waals surface area contributed by atoms with Gasteiger partial charge < -0.3 is 0 Å². The number of rotatable bonds is 3. The topological polar surface area (TPSA) is 15.3 Å². The Morgan fingerprint density at radius 3 is 2.50 bits per heavy atom. The van der Waals surface area contributed by atoms with E-state index in [-0.39, 0.29) is 0 Å². The Labute approximate surface area is 100 Å². The SMILES string of the molecule is CC1CCCC(C)N1NCC1CC=CCC1. The van der Waals surface area contributed by atoms with Crippen LogP contribution in [0.1, 0.15) is 52.4 Å². The predicted octanol–water partition coefficient (Wildman–Crippen LogP) is 3.11. The minimum absolute atomic E-state index is 0.711. The molecule has 2 aliphatic rings. The monoisotopic (exact) mass is 222 g/mol. The summed E-state index contributed by atoms with van der Waals surface area (Å²) < 4.78 is 0. The molecule has 0 aromatic rings. The Morgan fingerprint density at radius 1 is 1.12 bits per heavy atom. The van der Waals surface area contributed by atoms with Crippen LogP contribution in [0.15, 0.2) is 12.2 Å². The highest BCUT2D eigenvalue weighted by atomic mass is 15.5. The molecule has 0 spiro atoms. The maximum absolute atomic E-state index is 3.69. The molecular formula is C14H26N2. The van der Waals surface area contributed by atoms with E-state index in [0.717, 1.165) is 5.92 Å². The van der Waals surface area contributed by atoms with Gasteiger partial charge >= 0.3 is 0 Å². The Kier molecular flexibility index (Phi) is 4.42. The van der Waals surface area contributed by atoms with Crippen molar-refractivity contribution in [1.29, 1.82) is 0 Å². The third-order valence-electron chi connectivity index (χ3n) is 4.13. The lowest BCUT2D eigenvalue weighted by molar-refractivity contribution is 0.0399. The molecule has 2 nitrogen and oxygen atoms in total. The Balaban J connectivity index is 1.77. The molecule has 3 atom stereocenters. The van der Waals surface area contributed by atoms with Gasteiger partial charge in [0.15, 0.2) is 0 Å². The van der Waals surface area contributed by atoms with E-state index in [2.05, 4.69) is 36.4 Å². The number of allylic oxidation sites excluding steroid dienone is 2. The van der Waals surface area contributed by atoms with Crippen molar-refractivity contribution in [2.45, 2.75) is 64.5 Å². The maximum Gasteiger partial charge on any atom is 0.0218 e. The van der Waals surface area contributed by atoms with E-state index >= 15 is 0 Å². The van der Waals surface area contributed by atoms with Gasteiger partial charge in [-0.05, 0) is 51.9 Å². The molecule has 2 heteroatoms. The molecular weight excluding hydrogens is 196 g/mol. The minimum atomic E-state index is 0.711. The lowest BCUT2D eigenvalue weighted by Crippen LogP contribution is -2.53. The molecule has 16 heavy (non-hydrogen) atoms. The lowest BCUT2D eigenvalue weighted by Gasteiger charge is -2.40. The van der Waals surface area contributed by atoms with Crippen LogP contribution in [0, 0.1) is 5.92 Å². The quantitative estimate of drug-likeness (QED) is 0.738. The molecule has 0 aromatic carbocycles. The summed E-state index contributed by atoms with van der Waals surface area (Å²) in [5.74, 6) is 0.853. The summed E-state index contributed by atoms with van der Waals surface area (Å²) in [5.41, 5.74) is 3.69. The molecule has 0 aromatic heterocycles. The van der Waals surface area contributed by atoms with Crippen molar-refractivity contribution in [3.8, 4) is 0 Å². The van der Waals surface area contributed by atoms with Crippen LogP contribution >= 0.6 is 0 Å². The number of hydrogen-bond acceptors (Lipinski definition) is 2. The van der Waals surface area contributed by atoms with Gasteiger partial charge in [0.2, 0.25) is 0 Å². The van der Waals surface area contributed by atoms with Gasteiger partial charge in [0.1, 0.15) is 0 Å². The highest BCUT2D eigenvalue weighted by molar-refractivity contribution is 4.90. The first kappa shape index (κ1) is 12.1. The fourth-order valence-electron chi connectivity index (χ4n) is 3.01. The molecule has 1 aliphatic carbocycles. The maximum atomic E-state index is 3.69. The summed E-state index contributed by atoms with van der Waals surface area (Å²) in [6.07, 6.45) is 12.7. The zero-order valence-corrected chi connectivity index (χ0v) is 10.8. The van der Waals surface area contributed by atoms with E-state index in [9.17, 15) is 0 Å².